The number of hydrogen-bond donors (Lipinski definition) is 0. The van der Waals surface area contributed by atoms with E-state index in [0.29, 0.717) is 12.1 Å². The predicted molar refractivity (Wildman–Crippen MR) is 142 cm³/mol. The summed E-state index contributed by atoms with van der Waals surface area (Å²) in [4.78, 5) is 0. The Bertz CT molecular complexity index is 959. The minimum atomic E-state index is -2.77. The van der Waals surface area contributed by atoms with Crippen molar-refractivity contribution in [3.05, 3.63) is 84.5 Å². The van der Waals surface area contributed by atoms with Crippen molar-refractivity contribution in [1.82, 2.24) is 0 Å². The maximum absolute atomic E-state index is 14.4. The summed E-state index contributed by atoms with van der Waals surface area (Å²) < 4.78 is 21.2. The number of benzene rings is 2. The van der Waals surface area contributed by atoms with Crippen LogP contribution in [-0.4, -0.2) is 20.6 Å². The second kappa shape index (κ2) is 9.67. The molecule has 0 N–H and O–H groups in total. The van der Waals surface area contributed by atoms with Gasteiger partial charge in [0.1, 0.15) is 7.14 Å². The Morgan fingerprint density at radius 2 is 1.53 bits per heavy atom. The van der Waals surface area contributed by atoms with E-state index in [0.717, 1.165) is 29.0 Å². The second-order valence-electron chi connectivity index (χ2n) is 10.8. The zero-order valence-corrected chi connectivity index (χ0v) is 22.5. The molecule has 0 saturated heterocycles. The van der Waals surface area contributed by atoms with Gasteiger partial charge in [-0.05, 0) is 48.0 Å². The Hall–Kier alpha value is -1.67. The van der Waals surface area contributed by atoms with Crippen molar-refractivity contribution in [2.45, 2.75) is 64.8 Å². The van der Waals surface area contributed by atoms with Crippen LogP contribution in [0.2, 0.25) is 18.1 Å². The molecule has 0 unspecified atom stereocenters. The van der Waals surface area contributed by atoms with Crippen molar-refractivity contribution in [3.8, 4) is 0 Å². The topological polar surface area (TPSA) is 26.3 Å². The van der Waals surface area contributed by atoms with Crippen LogP contribution in [0.3, 0.4) is 0 Å². The molecule has 1 aliphatic rings. The van der Waals surface area contributed by atoms with E-state index in [1.165, 1.54) is 5.57 Å². The van der Waals surface area contributed by atoms with Crippen LogP contribution < -0.4 is 10.6 Å². The van der Waals surface area contributed by atoms with E-state index < -0.39 is 15.5 Å². The summed E-state index contributed by atoms with van der Waals surface area (Å²) in [6.45, 7) is 18.2. The summed E-state index contributed by atoms with van der Waals surface area (Å²) in [5.74, 6) is 0.523. The van der Waals surface area contributed by atoms with E-state index in [1.807, 2.05) is 60.7 Å². The minimum absolute atomic E-state index is 0.0544. The number of hydrogen-bond acceptors (Lipinski definition) is 2. The summed E-state index contributed by atoms with van der Waals surface area (Å²) in [5, 5.41) is 1.98. The van der Waals surface area contributed by atoms with Crippen LogP contribution in [0.15, 0.2) is 84.5 Å². The highest BCUT2D eigenvalue weighted by atomic mass is 31.2. The van der Waals surface area contributed by atoms with Crippen molar-refractivity contribution >= 4 is 26.1 Å². The molecule has 2 aromatic carbocycles. The molecule has 4 heteroatoms. The first-order chi connectivity index (χ1) is 14.9. The third-order valence-electron chi connectivity index (χ3n) is 7.17. The third kappa shape index (κ3) is 5.45. The van der Waals surface area contributed by atoms with Crippen LogP contribution in [0, 0.1) is 5.92 Å². The highest BCUT2D eigenvalue weighted by molar-refractivity contribution is 7.78. The predicted octanol–water partition coefficient (Wildman–Crippen LogP) is 7.30. The molecular formula is C28H39O2PSi. The van der Waals surface area contributed by atoms with Gasteiger partial charge in [0, 0.05) is 16.8 Å². The van der Waals surface area contributed by atoms with Crippen molar-refractivity contribution in [3.63, 3.8) is 0 Å². The second-order valence-corrected chi connectivity index (χ2v) is 18.4. The molecule has 32 heavy (non-hydrogen) atoms. The molecule has 0 aliphatic heterocycles. The van der Waals surface area contributed by atoms with Gasteiger partial charge in [0.25, 0.3) is 0 Å². The minimum Gasteiger partial charge on any atom is -0.410 e. The van der Waals surface area contributed by atoms with E-state index in [-0.39, 0.29) is 11.1 Å². The summed E-state index contributed by atoms with van der Waals surface area (Å²) >= 11 is 0. The van der Waals surface area contributed by atoms with Crippen LogP contribution in [0.5, 0.6) is 0 Å². The van der Waals surface area contributed by atoms with Crippen molar-refractivity contribution in [2.24, 2.45) is 5.92 Å². The molecule has 1 saturated carbocycles. The lowest BCUT2D eigenvalue weighted by Gasteiger charge is -2.42. The van der Waals surface area contributed by atoms with Crippen molar-refractivity contribution < 1.29 is 8.99 Å². The van der Waals surface area contributed by atoms with Gasteiger partial charge in [-0.25, -0.2) is 0 Å². The first-order valence-electron chi connectivity index (χ1n) is 11.7. The Balaban J connectivity index is 1.91. The summed E-state index contributed by atoms with van der Waals surface area (Å²) in [7, 11) is -4.67. The van der Waals surface area contributed by atoms with Gasteiger partial charge < -0.3 is 8.99 Å². The average molecular weight is 467 g/mol. The van der Waals surface area contributed by atoms with Crippen molar-refractivity contribution in [2.75, 3.05) is 6.16 Å². The quantitative estimate of drug-likeness (QED) is 0.330. The molecule has 2 atom stereocenters. The van der Waals surface area contributed by atoms with Gasteiger partial charge in [0.05, 0.1) is 6.10 Å². The van der Waals surface area contributed by atoms with E-state index >= 15 is 0 Å². The standard InChI is InChI=1S/C28H39O2PSi/c1-22-20-24(23(2)27(21-22)30-32(6,7)28(3,4)5)18-19-31(29,25-14-10-8-11-15-25)26-16-12-9-13-17-26/h8-18,22,27H,2,19-21H2,1,3-7H3/b24-18-/t22-,27+/m1/s1. The molecule has 3 rings (SSSR count). The van der Waals surface area contributed by atoms with Gasteiger partial charge >= 0.3 is 0 Å². The van der Waals surface area contributed by atoms with E-state index in [1.54, 1.807) is 0 Å². The van der Waals surface area contributed by atoms with Crippen LogP contribution in [-0.2, 0) is 8.99 Å². The average Bonchev–Trinajstić information content (AvgIpc) is 2.75. The first kappa shape index (κ1) is 25.0. The van der Waals surface area contributed by atoms with Crippen molar-refractivity contribution in [1.29, 1.82) is 0 Å². The van der Waals surface area contributed by atoms with Gasteiger partial charge in [-0.15, -0.1) is 0 Å². The molecular weight excluding hydrogens is 427 g/mol. The lowest BCUT2D eigenvalue weighted by Crippen LogP contribution is -2.45. The highest BCUT2D eigenvalue weighted by Crippen LogP contribution is 2.46. The Morgan fingerprint density at radius 3 is 2.00 bits per heavy atom. The Kier molecular flexibility index (Phi) is 7.54. The number of allylic oxidation sites excluding steroid dienone is 1. The SMILES string of the molecule is C=C1/C(=C\CP(=O)(c2ccccc2)c2ccccc2)C[C@@H](C)C[C@@H]1O[Si](C)(C)C(C)(C)C. The maximum atomic E-state index is 14.4. The maximum Gasteiger partial charge on any atom is 0.192 e. The molecule has 1 aliphatic carbocycles. The monoisotopic (exact) mass is 466 g/mol. The highest BCUT2D eigenvalue weighted by Gasteiger charge is 2.41. The third-order valence-corrected chi connectivity index (χ3v) is 14.6. The smallest absolute Gasteiger partial charge is 0.192 e. The van der Waals surface area contributed by atoms with E-state index in [9.17, 15) is 4.57 Å². The molecule has 0 radical (unpaired) electrons. The fourth-order valence-electron chi connectivity index (χ4n) is 4.11. The molecule has 0 aromatic heterocycles. The van der Waals surface area contributed by atoms with E-state index in [4.69, 9.17) is 4.43 Å². The van der Waals surface area contributed by atoms with Crippen LogP contribution in [0.4, 0.5) is 0 Å². The van der Waals surface area contributed by atoms with Gasteiger partial charge in [-0.3, -0.25) is 0 Å². The fraction of sp³-hybridized carbons (Fsp3) is 0.429. The molecule has 0 spiro atoms. The largest absolute Gasteiger partial charge is 0.410 e. The molecule has 172 valence electrons. The normalized spacial score (nSPS) is 21.7. The lowest BCUT2D eigenvalue weighted by atomic mass is 9.82. The zero-order chi connectivity index (χ0) is 23.6. The zero-order valence-electron chi connectivity index (χ0n) is 20.6. The first-order valence-corrected chi connectivity index (χ1v) is 16.5. The molecule has 0 amide bonds. The molecule has 2 nitrogen and oxygen atoms in total. The Labute approximate surface area is 196 Å². The molecule has 2 aromatic rings. The fourth-order valence-corrected chi connectivity index (χ4v) is 7.91. The Morgan fingerprint density at radius 1 is 1.03 bits per heavy atom. The molecule has 0 bridgehead atoms. The summed E-state index contributed by atoms with van der Waals surface area (Å²) in [6, 6.07) is 19.8. The lowest BCUT2D eigenvalue weighted by molar-refractivity contribution is 0.174. The van der Waals surface area contributed by atoms with Gasteiger partial charge in [-0.2, -0.15) is 0 Å². The van der Waals surface area contributed by atoms with Gasteiger partial charge in [0.15, 0.2) is 8.32 Å². The van der Waals surface area contributed by atoms with Gasteiger partial charge in [-0.1, -0.05) is 101 Å². The molecule has 0 heterocycles. The van der Waals surface area contributed by atoms with Crippen LogP contribution >= 0.6 is 7.14 Å². The number of rotatable bonds is 6. The molecule has 1 fully saturated rings. The van der Waals surface area contributed by atoms with E-state index in [2.05, 4.69) is 53.4 Å². The van der Waals surface area contributed by atoms with Crippen LogP contribution in [0.25, 0.3) is 0 Å². The summed E-state index contributed by atoms with van der Waals surface area (Å²) in [5.41, 5.74) is 2.31. The van der Waals surface area contributed by atoms with Gasteiger partial charge in [0.2, 0.25) is 0 Å². The summed E-state index contributed by atoms with van der Waals surface area (Å²) in [6.07, 6.45) is 4.74. The van der Waals surface area contributed by atoms with Crippen LogP contribution in [0.1, 0.15) is 40.5 Å².